The van der Waals surface area contributed by atoms with Gasteiger partial charge in [-0.3, -0.25) is 0 Å². The van der Waals surface area contributed by atoms with Crippen molar-refractivity contribution in [2.45, 2.75) is 42.1 Å². The third kappa shape index (κ3) is 3.61. The number of hydrogen-bond donors (Lipinski definition) is 2. The minimum absolute atomic E-state index is 0.513. The van der Waals surface area contributed by atoms with Gasteiger partial charge in [0.15, 0.2) is 0 Å². The van der Waals surface area contributed by atoms with Crippen LogP contribution in [-0.4, -0.2) is 32.2 Å². The lowest BCUT2D eigenvalue weighted by atomic mass is 9.96. The van der Waals surface area contributed by atoms with Crippen LogP contribution in [0.5, 0.6) is 0 Å². The van der Waals surface area contributed by atoms with Crippen molar-refractivity contribution in [3.05, 3.63) is 58.6 Å². The highest BCUT2D eigenvalue weighted by Crippen LogP contribution is 2.40. The van der Waals surface area contributed by atoms with Crippen molar-refractivity contribution in [3.8, 4) is 0 Å². The van der Waals surface area contributed by atoms with Crippen LogP contribution in [0.4, 0.5) is 0 Å². The highest BCUT2D eigenvalue weighted by molar-refractivity contribution is 7.99. The summed E-state index contributed by atoms with van der Waals surface area (Å²) < 4.78 is 0. The van der Waals surface area contributed by atoms with E-state index in [0.717, 1.165) is 17.5 Å². The van der Waals surface area contributed by atoms with E-state index >= 15 is 0 Å². The molecular weight excluding hydrogens is 348 g/mol. The first-order valence-corrected chi connectivity index (χ1v) is 10.6. The molecule has 2 heterocycles. The zero-order valence-corrected chi connectivity index (χ0v) is 16.6. The lowest BCUT2D eigenvalue weighted by molar-refractivity contribution is -1.04. The SMILES string of the molecule is CC(C)[NH+]1CC[NH+]([C@@H]2Cc3ccccc3Sc3ccc(Cl)cc32)CC1. The molecule has 0 radical (unpaired) electrons. The maximum absolute atomic E-state index is 6.39. The first kappa shape index (κ1) is 17.4. The van der Waals surface area contributed by atoms with Crippen molar-refractivity contribution in [2.75, 3.05) is 26.2 Å². The maximum Gasteiger partial charge on any atom is 0.128 e. The Balaban J connectivity index is 1.68. The molecule has 2 nitrogen and oxygen atoms in total. The summed E-state index contributed by atoms with van der Waals surface area (Å²) in [4.78, 5) is 6.26. The molecule has 4 heteroatoms. The zero-order valence-electron chi connectivity index (χ0n) is 15.0. The van der Waals surface area contributed by atoms with Gasteiger partial charge in [0.1, 0.15) is 32.2 Å². The minimum atomic E-state index is 0.513. The van der Waals surface area contributed by atoms with Crippen LogP contribution in [0.3, 0.4) is 0 Å². The van der Waals surface area contributed by atoms with Crippen LogP contribution in [-0.2, 0) is 6.42 Å². The number of quaternary nitrogens is 2. The van der Waals surface area contributed by atoms with Gasteiger partial charge in [-0.1, -0.05) is 41.6 Å². The molecule has 25 heavy (non-hydrogen) atoms. The van der Waals surface area contributed by atoms with Crippen molar-refractivity contribution in [1.82, 2.24) is 0 Å². The van der Waals surface area contributed by atoms with Crippen LogP contribution in [0.2, 0.25) is 5.02 Å². The number of piperazine rings is 1. The standard InChI is InChI=1S/C21H25ClN2S/c1-15(2)23-9-11-24(12-10-23)19-13-16-5-3-4-6-20(16)25-21-8-7-17(22)14-18(19)21/h3-8,14-15,19H,9-13H2,1-2H3/p+2/t19-/m1/s1. The third-order valence-electron chi connectivity index (χ3n) is 5.81. The largest absolute Gasteiger partial charge is 0.324 e. The molecular formula is C21H27ClN2S+2. The molecule has 132 valence electrons. The average molecular weight is 375 g/mol. The number of benzene rings is 2. The molecule has 1 fully saturated rings. The summed E-state index contributed by atoms with van der Waals surface area (Å²) in [6.07, 6.45) is 1.11. The fourth-order valence-electron chi connectivity index (χ4n) is 4.29. The molecule has 0 saturated carbocycles. The summed E-state index contributed by atoms with van der Waals surface area (Å²) in [6.45, 7) is 9.72. The molecule has 1 saturated heterocycles. The summed E-state index contributed by atoms with van der Waals surface area (Å²) in [5, 5.41) is 0.862. The lowest BCUT2D eigenvalue weighted by Crippen LogP contribution is -3.29. The van der Waals surface area contributed by atoms with Crippen molar-refractivity contribution in [3.63, 3.8) is 0 Å². The quantitative estimate of drug-likeness (QED) is 0.819. The van der Waals surface area contributed by atoms with Crippen LogP contribution in [0, 0.1) is 0 Å². The van der Waals surface area contributed by atoms with Crippen molar-refractivity contribution >= 4 is 23.4 Å². The first-order chi connectivity index (χ1) is 12.1. The smallest absolute Gasteiger partial charge is 0.128 e. The molecule has 0 aromatic heterocycles. The van der Waals surface area contributed by atoms with E-state index < -0.39 is 0 Å². The topological polar surface area (TPSA) is 8.88 Å². The van der Waals surface area contributed by atoms with Crippen molar-refractivity contribution in [2.24, 2.45) is 0 Å². The maximum atomic E-state index is 6.39. The molecule has 0 spiro atoms. The molecule has 2 aliphatic heterocycles. The molecule has 2 N–H and O–H groups in total. The molecule has 0 aliphatic carbocycles. The molecule has 2 aromatic carbocycles. The lowest BCUT2D eigenvalue weighted by Gasteiger charge is -2.36. The normalized spacial score (nSPS) is 26.0. The van der Waals surface area contributed by atoms with Crippen LogP contribution < -0.4 is 9.80 Å². The number of rotatable bonds is 2. The van der Waals surface area contributed by atoms with E-state index in [-0.39, 0.29) is 0 Å². The molecule has 0 amide bonds. The number of hydrogen-bond acceptors (Lipinski definition) is 1. The Morgan fingerprint density at radius 2 is 1.76 bits per heavy atom. The van der Waals surface area contributed by atoms with Gasteiger partial charge in [-0.15, -0.1) is 0 Å². The predicted octanol–water partition coefficient (Wildman–Crippen LogP) is 2.28. The van der Waals surface area contributed by atoms with Crippen LogP contribution in [0.15, 0.2) is 52.3 Å². The molecule has 2 aliphatic rings. The van der Waals surface area contributed by atoms with E-state index in [9.17, 15) is 0 Å². The molecule has 0 bridgehead atoms. The molecule has 4 rings (SSSR count). The van der Waals surface area contributed by atoms with Gasteiger partial charge in [-0.2, -0.15) is 0 Å². The second kappa shape index (κ2) is 7.32. The highest BCUT2D eigenvalue weighted by Gasteiger charge is 2.35. The van der Waals surface area contributed by atoms with Gasteiger partial charge in [0.05, 0.1) is 6.04 Å². The van der Waals surface area contributed by atoms with Crippen molar-refractivity contribution in [1.29, 1.82) is 0 Å². The van der Waals surface area contributed by atoms with E-state index in [1.807, 2.05) is 17.8 Å². The minimum Gasteiger partial charge on any atom is -0.324 e. The summed E-state index contributed by atoms with van der Waals surface area (Å²) in [6, 6.07) is 16.6. The Morgan fingerprint density at radius 1 is 1.00 bits per heavy atom. The van der Waals surface area contributed by atoms with E-state index in [2.05, 4.69) is 50.2 Å². The summed E-state index contributed by atoms with van der Waals surface area (Å²) in [7, 11) is 0. The predicted molar refractivity (Wildman–Crippen MR) is 105 cm³/mol. The van der Waals surface area contributed by atoms with E-state index in [0.29, 0.717) is 6.04 Å². The summed E-state index contributed by atoms with van der Waals surface area (Å²) in [5.41, 5.74) is 2.92. The molecule has 0 unspecified atom stereocenters. The van der Waals surface area contributed by atoms with Gasteiger partial charge >= 0.3 is 0 Å². The fourth-order valence-corrected chi connectivity index (χ4v) is 5.59. The van der Waals surface area contributed by atoms with Gasteiger partial charge in [0.25, 0.3) is 0 Å². The molecule has 2 aromatic rings. The van der Waals surface area contributed by atoms with Gasteiger partial charge in [-0.05, 0) is 43.7 Å². The van der Waals surface area contributed by atoms with Crippen LogP contribution in [0.25, 0.3) is 0 Å². The summed E-state index contributed by atoms with van der Waals surface area (Å²) >= 11 is 8.30. The molecule has 1 atom stereocenters. The zero-order chi connectivity index (χ0) is 17.4. The van der Waals surface area contributed by atoms with E-state index in [4.69, 9.17) is 11.6 Å². The number of halogens is 1. The monoisotopic (exact) mass is 374 g/mol. The Morgan fingerprint density at radius 3 is 2.52 bits per heavy atom. The second-order valence-electron chi connectivity index (χ2n) is 7.62. The first-order valence-electron chi connectivity index (χ1n) is 9.36. The van der Waals surface area contributed by atoms with Crippen LogP contribution >= 0.6 is 23.4 Å². The number of fused-ring (bicyclic) bond motifs is 2. The highest BCUT2D eigenvalue weighted by atomic mass is 35.5. The van der Waals surface area contributed by atoms with E-state index in [1.54, 1.807) is 9.80 Å². The van der Waals surface area contributed by atoms with E-state index in [1.165, 1.54) is 47.1 Å². The van der Waals surface area contributed by atoms with Gasteiger partial charge in [0.2, 0.25) is 0 Å². The van der Waals surface area contributed by atoms with Gasteiger partial charge < -0.3 is 9.80 Å². The Bertz CT molecular complexity index is 753. The van der Waals surface area contributed by atoms with Crippen molar-refractivity contribution < 1.29 is 9.80 Å². The number of nitrogens with one attached hydrogen (secondary N) is 2. The summed E-state index contributed by atoms with van der Waals surface area (Å²) in [5.74, 6) is 0. The average Bonchev–Trinajstić information content (AvgIpc) is 2.78. The third-order valence-corrected chi connectivity index (χ3v) is 7.25. The second-order valence-corrected chi connectivity index (χ2v) is 9.14. The fraction of sp³-hybridized carbons (Fsp3) is 0.429. The van der Waals surface area contributed by atoms with Crippen LogP contribution in [0.1, 0.15) is 31.0 Å². The van der Waals surface area contributed by atoms with Gasteiger partial charge in [-0.25, -0.2) is 0 Å². The van der Waals surface area contributed by atoms with Gasteiger partial charge in [0, 0.05) is 26.8 Å². The Hall–Kier alpha value is -1.00. The Labute approximate surface area is 160 Å². The Kier molecular flexibility index (Phi) is 5.10.